The van der Waals surface area contributed by atoms with Gasteiger partial charge in [0.1, 0.15) is 16.6 Å². The van der Waals surface area contributed by atoms with Crippen LogP contribution in [-0.4, -0.2) is 48.0 Å². The lowest BCUT2D eigenvalue weighted by atomic mass is 9.95. The average Bonchev–Trinajstić information content (AvgIpc) is 3.43. The number of esters is 1. The molecule has 1 unspecified atom stereocenters. The summed E-state index contributed by atoms with van der Waals surface area (Å²) < 4.78 is 24.3. The van der Waals surface area contributed by atoms with Crippen LogP contribution in [0, 0.1) is 0 Å². The normalized spacial score (nSPS) is 19.2. The van der Waals surface area contributed by atoms with E-state index >= 15 is 0 Å². The Kier molecular flexibility index (Phi) is 14.2. The molecule has 43 heavy (non-hydrogen) atoms. The van der Waals surface area contributed by atoms with Crippen molar-refractivity contribution in [1.82, 2.24) is 9.88 Å². The Morgan fingerprint density at radius 2 is 2.02 bits per heavy atom. The number of amides is 1. The number of aromatic nitrogens is 1. The molecule has 9 nitrogen and oxygen atoms in total. The third-order valence-electron chi connectivity index (χ3n) is 6.80. The molecule has 0 bridgehead atoms. The molecule has 0 saturated heterocycles. The van der Waals surface area contributed by atoms with E-state index in [1.807, 2.05) is 45.1 Å². The van der Waals surface area contributed by atoms with E-state index in [4.69, 9.17) is 19.0 Å². The molecule has 0 spiro atoms. The fourth-order valence-electron chi connectivity index (χ4n) is 4.41. The predicted octanol–water partition coefficient (Wildman–Crippen LogP) is 5.69. The minimum atomic E-state index is -0.975. The molecule has 10 heteroatoms. The fourth-order valence-corrected chi connectivity index (χ4v) is 4.41. The number of methoxy groups -OCH3 is 1. The number of aliphatic imine (C=N–C) groups is 1. The van der Waals surface area contributed by atoms with Gasteiger partial charge in [-0.2, -0.15) is 0 Å². The lowest BCUT2D eigenvalue weighted by Crippen LogP contribution is -2.36. The van der Waals surface area contributed by atoms with E-state index in [-0.39, 0.29) is 24.7 Å². The maximum Gasteiger partial charge on any atom is 0.305 e. The second-order valence-electron chi connectivity index (χ2n) is 10.0. The number of ether oxygens (including phenoxy) is 1. The standard InChI is InChI=1S/C33H43FN4O5/c1-8-26(19-18-24(4)34)38-29(15-11-12-17-31(40)41-7)36-23-21-25(14-13-16-30(38)39)20-22-33(5,43-35-6)32-37-27(9-2)28(10-3)42-32/h8-10,13-14,18-19,21H,1,6,11-12,15-17,20,22-23H2,2-5,7H3/b14-13-,24-18+,25-21+,26-19+,27-9+,28-10+,36-29?. The molecular weight excluding hydrogens is 551 g/mol. The maximum atomic E-state index is 13.5. The number of amidine groups is 1. The number of carbonyl (C=O) groups excluding carboxylic acids is 2. The molecular formula is C33H43FN4O5. The van der Waals surface area contributed by atoms with Gasteiger partial charge in [-0.1, -0.05) is 36.5 Å². The SMILES string of the molecule is C=C/C(=C\C=C(/C)F)N1C(=O)C/C=C\C(CCC(C)(ON=C)c2nc(=C/C)/c(=C\C)o2)=C/CN=C1CCCCC(=O)OC. The van der Waals surface area contributed by atoms with Crippen molar-refractivity contribution in [3.8, 4) is 0 Å². The van der Waals surface area contributed by atoms with Gasteiger partial charge in [0.05, 0.1) is 19.5 Å². The number of oxazole rings is 1. The number of unbranched alkanes of at least 4 members (excludes halogenated alkanes) is 1. The van der Waals surface area contributed by atoms with Gasteiger partial charge in [-0.3, -0.25) is 19.5 Å². The number of oxime groups is 1. The molecule has 0 radical (unpaired) electrons. The Hall–Kier alpha value is -4.34. The minimum absolute atomic E-state index is 0.0785. The van der Waals surface area contributed by atoms with E-state index in [0.29, 0.717) is 61.5 Å². The molecule has 0 fully saturated rings. The zero-order chi connectivity index (χ0) is 31.8. The van der Waals surface area contributed by atoms with Crippen LogP contribution in [0.25, 0.3) is 12.2 Å². The number of nitrogens with zero attached hydrogens (tertiary/aromatic N) is 4. The molecule has 1 amide bonds. The van der Waals surface area contributed by atoms with Gasteiger partial charge >= 0.3 is 5.97 Å². The number of allylic oxidation sites excluding steroid dienone is 6. The van der Waals surface area contributed by atoms with Crippen molar-refractivity contribution in [2.75, 3.05) is 13.7 Å². The Balaban J connectivity index is 2.40. The van der Waals surface area contributed by atoms with Crippen molar-refractivity contribution in [3.05, 3.63) is 76.8 Å². The molecule has 2 heterocycles. The van der Waals surface area contributed by atoms with Gasteiger partial charge in [0.25, 0.3) is 0 Å². The van der Waals surface area contributed by atoms with Crippen LogP contribution in [0.3, 0.4) is 0 Å². The van der Waals surface area contributed by atoms with E-state index in [1.165, 1.54) is 37.2 Å². The quantitative estimate of drug-likeness (QED) is 0.0900. The zero-order valence-corrected chi connectivity index (χ0v) is 25.9. The fraction of sp³-hybridized carbons (Fsp3) is 0.424. The van der Waals surface area contributed by atoms with E-state index in [9.17, 15) is 14.0 Å². The predicted molar refractivity (Wildman–Crippen MR) is 168 cm³/mol. The van der Waals surface area contributed by atoms with Gasteiger partial charge in [0, 0.05) is 38.1 Å². The first-order chi connectivity index (χ1) is 20.6. The van der Waals surface area contributed by atoms with Crippen molar-refractivity contribution >= 4 is 36.6 Å². The van der Waals surface area contributed by atoms with Crippen LogP contribution in [0.5, 0.6) is 0 Å². The molecule has 1 aromatic heterocycles. The molecule has 1 atom stereocenters. The molecule has 0 N–H and O–H groups in total. The molecule has 1 aromatic rings. The smallest absolute Gasteiger partial charge is 0.305 e. The van der Waals surface area contributed by atoms with Crippen molar-refractivity contribution in [1.29, 1.82) is 0 Å². The highest BCUT2D eigenvalue weighted by atomic mass is 19.1. The van der Waals surface area contributed by atoms with E-state index in [1.54, 1.807) is 6.08 Å². The Morgan fingerprint density at radius 3 is 2.63 bits per heavy atom. The summed E-state index contributed by atoms with van der Waals surface area (Å²) in [5.74, 6) is -0.0420. The van der Waals surface area contributed by atoms with Crippen LogP contribution in [0.1, 0.15) is 78.5 Å². The largest absolute Gasteiger partial charge is 0.469 e. The number of hydrogen-bond donors (Lipinski definition) is 0. The number of halogens is 1. The van der Waals surface area contributed by atoms with Gasteiger partial charge < -0.3 is 14.0 Å². The summed E-state index contributed by atoms with van der Waals surface area (Å²) in [7, 11) is 1.35. The van der Waals surface area contributed by atoms with Gasteiger partial charge in [-0.05, 0) is 71.3 Å². The lowest BCUT2D eigenvalue weighted by Gasteiger charge is -2.26. The van der Waals surface area contributed by atoms with Crippen molar-refractivity contribution in [2.24, 2.45) is 10.1 Å². The highest BCUT2D eigenvalue weighted by Gasteiger charge is 2.35. The highest BCUT2D eigenvalue weighted by molar-refractivity contribution is 6.01. The zero-order valence-electron chi connectivity index (χ0n) is 25.9. The van der Waals surface area contributed by atoms with E-state index in [2.05, 4.69) is 23.4 Å². The van der Waals surface area contributed by atoms with Crippen LogP contribution in [0.2, 0.25) is 0 Å². The molecule has 1 aliphatic heterocycles. The van der Waals surface area contributed by atoms with Crippen molar-refractivity contribution < 1.29 is 28.0 Å². The molecule has 0 aromatic carbocycles. The second kappa shape index (κ2) is 17.6. The summed E-state index contributed by atoms with van der Waals surface area (Å²) in [5.41, 5.74) is 1.03. The monoisotopic (exact) mass is 594 g/mol. The van der Waals surface area contributed by atoms with E-state index < -0.39 is 11.4 Å². The van der Waals surface area contributed by atoms with Gasteiger partial charge in [-0.15, -0.1) is 5.16 Å². The summed E-state index contributed by atoms with van der Waals surface area (Å²) >= 11 is 0. The lowest BCUT2D eigenvalue weighted by molar-refractivity contribution is -0.140. The van der Waals surface area contributed by atoms with Crippen LogP contribution in [0.4, 0.5) is 4.39 Å². The first-order valence-electron chi connectivity index (χ1n) is 14.3. The molecule has 2 rings (SSSR count). The number of rotatable bonds is 14. The summed E-state index contributed by atoms with van der Waals surface area (Å²) in [6, 6.07) is 0. The topological polar surface area (TPSA) is 107 Å². The van der Waals surface area contributed by atoms with Crippen LogP contribution >= 0.6 is 0 Å². The highest BCUT2D eigenvalue weighted by Crippen LogP contribution is 2.30. The summed E-state index contributed by atoms with van der Waals surface area (Å²) in [4.78, 5) is 41.6. The summed E-state index contributed by atoms with van der Waals surface area (Å²) in [5, 5.41) is 4.40. The van der Waals surface area contributed by atoms with Crippen molar-refractivity contribution in [3.63, 3.8) is 0 Å². The van der Waals surface area contributed by atoms with Gasteiger partial charge in [0.15, 0.2) is 0 Å². The van der Waals surface area contributed by atoms with Gasteiger partial charge in [0.2, 0.25) is 17.4 Å². The van der Waals surface area contributed by atoms with E-state index in [0.717, 1.165) is 10.9 Å². The Morgan fingerprint density at radius 1 is 1.26 bits per heavy atom. The average molecular weight is 595 g/mol. The molecule has 0 saturated carbocycles. The van der Waals surface area contributed by atoms with Crippen LogP contribution < -0.4 is 10.8 Å². The first kappa shape index (κ1) is 34.9. The third kappa shape index (κ3) is 10.5. The molecule has 232 valence electrons. The molecule has 1 aliphatic rings. The summed E-state index contributed by atoms with van der Waals surface area (Å²) in [6.45, 7) is 14.5. The Labute approximate surface area is 253 Å². The third-order valence-corrected chi connectivity index (χ3v) is 6.80. The second-order valence-corrected chi connectivity index (χ2v) is 10.0. The first-order valence-corrected chi connectivity index (χ1v) is 14.3. The van der Waals surface area contributed by atoms with Crippen LogP contribution in [0.15, 0.2) is 74.7 Å². The van der Waals surface area contributed by atoms with Crippen LogP contribution in [-0.2, 0) is 24.8 Å². The maximum absolute atomic E-state index is 13.5. The number of hydrogen-bond acceptors (Lipinski definition) is 8. The Bertz CT molecular complexity index is 1400. The minimum Gasteiger partial charge on any atom is -0.469 e. The number of carbonyl (C=O) groups is 2. The molecule has 0 aliphatic carbocycles. The van der Waals surface area contributed by atoms with Crippen molar-refractivity contribution in [2.45, 2.75) is 78.2 Å². The van der Waals surface area contributed by atoms with Gasteiger partial charge in [-0.25, -0.2) is 9.37 Å². The summed E-state index contributed by atoms with van der Waals surface area (Å²) in [6.07, 6.45) is 16.6.